The van der Waals surface area contributed by atoms with Gasteiger partial charge in [0.25, 0.3) is 0 Å². The van der Waals surface area contributed by atoms with E-state index in [1.165, 1.54) is 6.20 Å². The predicted octanol–water partition coefficient (Wildman–Crippen LogP) is 1.94. The second-order valence-electron chi connectivity index (χ2n) is 3.92. The Bertz CT molecular complexity index is 544. The fourth-order valence-electron chi connectivity index (χ4n) is 1.75. The molecular weight excluding hydrogens is 250 g/mol. The van der Waals surface area contributed by atoms with Crippen LogP contribution in [0.2, 0.25) is 0 Å². The number of hydroxylamine groups is 3. The van der Waals surface area contributed by atoms with Gasteiger partial charge >= 0.3 is 0 Å². The minimum absolute atomic E-state index is 0.204. The van der Waals surface area contributed by atoms with Gasteiger partial charge in [-0.1, -0.05) is 6.08 Å². The molecule has 0 N–H and O–H groups in total. The first kappa shape index (κ1) is 12.8. The molecule has 0 amide bonds. The molecule has 0 radical (unpaired) electrons. The maximum Gasteiger partial charge on any atom is 0.231 e. The van der Waals surface area contributed by atoms with Crippen molar-refractivity contribution in [2.75, 3.05) is 7.11 Å². The number of quaternary nitrogens is 1. The Hall–Kier alpha value is -1.69. The lowest BCUT2D eigenvalue weighted by Crippen LogP contribution is -2.41. The van der Waals surface area contributed by atoms with Gasteiger partial charge in [0, 0.05) is 11.6 Å². The van der Waals surface area contributed by atoms with Gasteiger partial charge in [-0.3, -0.25) is 4.65 Å². The van der Waals surface area contributed by atoms with Crippen LogP contribution in [0.15, 0.2) is 48.7 Å². The molecule has 18 heavy (non-hydrogen) atoms. The number of methoxy groups -OCH3 is 1. The lowest BCUT2D eigenvalue weighted by atomic mass is 10.2. The molecule has 1 aliphatic rings. The Balaban J connectivity index is 2.24. The summed E-state index contributed by atoms with van der Waals surface area (Å²) < 4.78 is 15.3. The monoisotopic (exact) mass is 263 g/mol. The fraction of sp³-hybridized carbons (Fsp3) is 0.154. The number of hydrogen-bond acceptors (Lipinski definition) is 3. The van der Waals surface area contributed by atoms with E-state index in [0.29, 0.717) is 0 Å². The maximum atomic E-state index is 12.5. The minimum atomic E-state index is -0.739. The summed E-state index contributed by atoms with van der Waals surface area (Å²) in [5.74, 6) is 0.743. The van der Waals surface area contributed by atoms with Crippen molar-refractivity contribution in [2.24, 2.45) is 0 Å². The molecule has 1 heterocycles. The van der Waals surface area contributed by atoms with Gasteiger partial charge < -0.3 is 9.94 Å². The Morgan fingerprint density at radius 2 is 2.00 bits per heavy atom. The summed E-state index contributed by atoms with van der Waals surface area (Å²) in [5.41, 5.74) is 0.859. The van der Waals surface area contributed by atoms with E-state index in [1.807, 2.05) is 12.1 Å². The number of ether oxygens (including phenoxy) is 1. The highest BCUT2D eigenvalue weighted by Gasteiger charge is 2.22. The van der Waals surface area contributed by atoms with E-state index >= 15 is 0 Å². The first-order valence-corrected chi connectivity index (χ1v) is 6.17. The van der Waals surface area contributed by atoms with Crippen LogP contribution < -0.4 is 4.74 Å². The van der Waals surface area contributed by atoms with Crippen LogP contribution in [0, 0.1) is 5.21 Å². The van der Waals surface area contributed by atoms with E-state index in [4.69, 9.17) is 4.74 Å². The van der Waals surface area contributed by atoms with Gasteiger partial charge in [0.2, 0.25) is 4.99 Å². The van der Waals surface area contributed by atoms with Gasteiger partial charge in [-0.25, -0.2) is 4.21 Å². The van der Waals surface area contributed by atoms with Gasteiger partial charge in [-0.2, -0.15) is 0 Å². The van der Waals surface area contributed by atoms with Crippen LogP contribution in [0.3, 0.4) is 0 Å². The molecule has 0 aliphatic carbocycles. The van der Waals surface area contributed by atoms with Crippen LogP contribution in [0.1, 0.15) is 5.56 Å². The van der Waals surface area contributed by atoms with Crippen LogP contribution in [0.25, 0.3) is 0 Å². The number of nitrogens with zero attached hydrogens (tertiary/aromatic N) is 1. The number of hydrogen-bond donors (Lipinski definition) is 0. The third-order valence-electron chi connectivity index (χ3n) is 2.71. The van der Waals surface area contributed by atoms with Crippen molar-refractivity contribution >= 4 is 16.2 Å². The third kappa shape index (κ3) is 2.59. The van der Waals surface area contributed by atoms with Crippen LogP contribution in [0.4, 0.5) is 0 Å². The topological polar surface area (TPSA) is 49.4 Å². The van der Waals surface area contributed by atoms with Crippen molar-refractivity contribution < 1.29 is 13.6 Å². The quantitative estimate of drug-likeness (QED) is 0.475. The summed E-state index contributed by atoms with van der Waals surface area (Å²) in [6.45, 7) is 0.204. The number of rotatable bonds is 3. The van der Waals surface area contributed by atoms with E-state index in [0.717, 1.165) is 11.3 Å². The molecule has 0 saturated heterocycles. The summed E-state index contributed by atoms with van der Waals surface area (Å²) in [4.78, 5) is 0.244. The van der Waals surface area contributed by atoms with Crippen molar-refractivity contribution in [3.8, 4) is 5.75 Å². The molecule has 2 rings (SSSR count). The first-order chi connectivity index (χ1) is 8.68. The SMILES string of the molecule is COc1ccc(C[N+]2([O-])C=CC=CC2=S=O)cc1. The molecule has 1 unspecified atom stereocenters. The molecule has 0 saturated carbocycles. The van der Waals surface area contributed by atoms with Gasteiger partial charge in [-0.05, 0) is 30.3 Å². The average Bonchev–Trinajstić information content (AvgIpc) is 2.40. The summed E-state index contributed by atoms with van der Waals surface area (Å²) in [5, 5.41) is 12.5. The molecule has 1 aromatic carbocycles. The van der Waals surface area contributed by atoms with E-state index in [2.05, 4.69) is 0 Å². The normalized spacial score (nSPS) is 22.0. The molecule has 0 bridgehead atoms. The van der Waals surface area contributed by atoms with Gasteiger partial charge in [0.1, 0.15) is 18.5 Å². The highest BCUT2D eigenvalue weighted by atomic mass is 32.1. The lowest BCUT2D eigenvalue weighted by molar-refractivity contribution is -0.744. The zero-order valence-electron chi connectivity index (χ0n) is 9.91. The molecule has 4 nitrogen and oxygen atoms in total. The summed E-state index contributed by atoms with van der Waals surface area (Å²) in [6.07, 6.45) is 6.40. The third-order valence-corrected chi connectivity index (χ3v) is 3.33. The molecule has 0 spiro atoms. The average molecular weight is 263 g/mol. The zero-order chi connectivity index (χ0) is 13.0. The van der Waals surface area contributed by atoms with E-state index < -0.39 is 4.65 Å². The molecule has 1 aromatic rings. The highest BCUT2D eigenvalue weighted by Crippen LogP contribution is 2.20. The van der Waals surface area contributed by atoms with E-state index in [9.17, 15) is 9.42 Å². The second kappa shape index (κ2) is 5.30. The minimum Gasteiger partial charge on any atom is -0.621 e. The Kier molecular flexibility index (Phi) is 3.76. The highest BCUT2D eigenvalue weighted by molar-refractivity contribution is 7.66. The predicted molar refractivity (Wildman–Crippen MR) is 71.8 cm³/mol. The molecule has 94 valence electrons. The summed E-state index contributed by atoms with van der Waals surface area (Å²) in [6, 6.07) is 7.26. The number of allylic oxidation sites excluding steroid dienone is 2. The van der Waals surface area contributed by atoms with Crippen molar-refractivity contribution in [3.63, 3.8) is 0 Å². The Labute approximate surface area is 109 Å². The molecular formula is C13H13NO3S. The number of benzene rings is 1. The van der Waals surface area contributed by atoms with Crippen LogP contribution in [-0.4, -0.2) is 21.0 Å². The first-order valence-electron chi connectivity index (χ1n) is 5.43. The van der Waals surface area contributed by atoms with Gasteiger partial charge in [0.05, 0.1) is 7.11 Å². The standard InChI is InChI=1S/C13H13NO3S/c1-17-12-7-5-11(6-8-12)10-14(15)9-3-2-4-13(14)18-16/h2-9H,10H2,1H3. The fourth-order valence-corrected chi connectivity index (χ4v) is 2.14. The van der Waals surface area contributed by atoms with E-state index in [-0.39, 0.29) is 22.8 Å². The smallest absolute Gasteiger partial charge is 0.231 e. The Morgan fingerprint density at radius 1 is 1.28 bits per heavy atom. The Morgan fingerprint density at radius 3 is 2.61 bits per heavy atom. The van der Waals surface area contributed by atoms with Crippen LogP contribution in [-0.2, 0) is 17.8 Å². The van der Waals surface area contributed by atoms with Crippen LogP contribution >= 0.6 is 0 Å². The summed E-state index contributed by atoms with van der Waals surface area (Å²) >= 11 is 0.243. The van der Waals surface area contributed by atoms with Crippen molar-refractivity contribution in [1.29, 1.82) is 0 Å². The lowest BCUT2D eigenvalue weighted by Gasteiger charge is -2.38. The van der Waals surface area contributed by atoms with E-state index in [1.54, 1.807) is 37.5 Å². The largest absolute Gasteiger partial charge is 0.621 e. The van der Waals surface area contributed by atoms with Crippen molar-refractivity contribution in [2.45, 2.75) is 6.54 Å². The zero-order valence-corrected chi connectivity index (χ0v) is 10.7. The molecule has 1 aliphatic heterocycles. The van der Waals surface area contributed by atoms with Crippen molar-refractivity contribution in [3.05, 3.63) is 59.5 Å². The van der Waals surface area contributed by atoms with Gasteiger partial charge in [0.15, 0.2) is 11.3 Å². The molecule has 1 atom stereocenters. The van der Waals surface area contributed by atoms with Gasteiger partial charge in [-0.15, -0.1) is 0 Å². The maximum absolute atomic E-state index is 12.5. The molecule has 0 fully saturated rings. The van der Waals surface area contributed by atoms with Crippen molar-refractivity contribution in [1.82, 2.24) is 0 Å². The summed E-state index contributed by atoms with van der Waals surface area (Å²) in [7, 11) is 1.59. The molecule has 0 aromatic heterocycles. The molecule has 5 heteroatoms. The van der Waals surface area contributed by atoms with Crippen LogP contribution in [0.5, 0.6) is 5.75 Å². The second-order valence-corrected chi connectivity index (χ2v) is 4.51.